The molecule has 0 N–H and O–H groups in total. The van der Waals surface area contributed by atoms with E-state index in [2.05, 4.69) is 20.9 Å². The van der Waals surface area contributed by atoms with Crippen LogP contribution in [0.15, 0.2) is 39.1 Å². The Morgan fingerprint density at radius 3 is 2.80 bits per heavy atom. The summed E-state index contributed by atoms with van der Waals surface area (Å²) in [5.74, 6) is 0.577. The number of carbonyl (C=O) groups excluding carboxylic acids is 1. The summed E-state index contributed by atoms with van der Waals surface area (Å²) in [6, 6.07) is 9.55. The van der Waals surface area contributed by atoms with Gasteiger partial charge < -0.3 is 14.0 Å². The van der Waals surface area contributed by atoms with Crippen molar-refractivity contribution in [3.8, 4) is 5.75 Å². The first kappa shape index (κ1) is 18.3. The quantitative estimate of drug-likeness (QED) is 0.573. The molecule has 5 nitrogen and oxygen atoms in total. The summed E-state index contributed by atoms with van der Waals surface area (Å²) in [4.78, 5) is 18.1. The third kappa shape index (κ3) is 4.20. The van der Waals surface area contributed by atoms with E-state index < -0.39 is 0 Å². The molecule has 1 amide bonds. The highest BCUT2D eigenvalue weighted by Crippen LogP contribution is 2.25. The number of methoxy groups -OCH3 is 1. The number of ether oxygens (including phenoxy) is 2. The van der Waals surface area contributed by atoms with Crippen molar-refractivity contribution in [1.82, 2.24) is 4.57 Å². The van der Waals surface area contributed by atoms with E-state index in [0.717, 1.165) is 19.8 Å². The number of halogens is 1. The van der Waals surface area contributed by atoms with Crippen LogP contribution in [0.3, 0.4) is 0 Å². The van der Waals surface area contributed by atoms with Gasteiger partial charge in [-0.15, -0.1) is 11.3 Å². The molecule has 3 rings (SSSR count). The zero-order valence-corrected chi connectivity index (χ0v) is 17.0. The maximum atomic E-state index is 12.5. The Morgan fingerprint density at radius 2 is 2.12 bits per heavy atom. The molecule has 25 heavy (non-hydrogen) atoms. The lowest BCUT2D eigenvalue weighted by Crippen LogP contribution is -2.19. The molecule has 0 radical (unpaired) electrons. The summed E-state index contributed by atoms with van der Waals surface area (Å²) in [5, 5.41) is 0. The van der Waals surface area contributed by atoms with Gasteiger partial charge in [-0.1, -0.05) is 11.3 Å². The second-order valence-electron chi connectivity index (χ2n) is 5.11. The van der Waals surface area contributed by atoms with E-state index in [0.29, 0.717) is 29.4 Å². The highest BCUT2D eigenvalue weighted by molar-refractivity contribution is 9.11. The van der Waals surface area contributed by atoms with Gasteiger partial charge in [0, 0.05) is 13.7 Å². The standard InChI is InChI=1S/C17H17BrN2O3S2/c1-3-23-11-4-5-12-14(10-11)25-17(20(12)8-9-22-2)19-16(21)13-6-7-15(18)24-13/h4-7,10H,3,8-9H2,1-2H3. The molecule has 0 saturated heterocycles. The van der Waals surface area contributed by atoms with Crippen LogP contribution in [0.1, 0.15) is 16.6 Å². The predicted molar refractivity (Wildman–Crippen MR) is 105 cm³/mol. The van der Waals surface area contributed by atoms with E-state index in [-0.39, 0.29) is 5.91 Å². The Kier molecular flexibility index (Phi) is 6.06. The molecule has 0 unspecified atom stereocenters. The number of hydrogen-bond donors (Lipinski definition) is 0. The Hall–Kier alpha value is -1.48. The molecule has 8 heteroatoms. The van der Waals surface area contributed by atoms with Gasteiger partial charge in [-0.2, -0.15) is 4.99 Å². The number of thiophene rings is 1. The minimum absolute atomic E-state index is 0.238. The molecule has 0 fully saturated rings. The van der Waals surface area contributed by atoms with Crippen LogP contribution in [0.5, 0.6) is 5.75 Å². The van der Waals surface area contributed by atoms with E-state index in [1.165, 1.54) is 22.7 Å². The van der Waals surface area contributed by atoms with Crippen molar-refractivity contribution >= 4 is 54.7 Å². The lowest BCUT2D eigenvalue weighted by molar-refractivity contribution is 0.100. The minimum Gasteiger partial charge on any atom is -0.494 e. The molecular formula is C17H17BrN2O3S2. The van der Waals surface area contributed by atoms with Gasteiger partial charge in [0.25, 0.3) is 5.91 Å². The second kappa shape index (κ2) is 8.27. The number of amides is 1. The number of hydrogen-bond acceptors (Lipinski definition) is 5. The fourth-order valence-corrected chi connectivity index (χ4v) is 4.72. The summed E-state index contributed by atoms with van der Waals surface area (Å²) in [6.07, 6.45) is 0. The minimum atomic E-state index is -0.238. The Bertz CT molecular complexity index is 958. The number of aromatic nitrogens is 1. The van der Waals surface area contributed by atoms with Crippen molar-refractivity contribution in [2.45, 2.75) is 13.5 Å². The molecule has 0 aliphatic rings. The SMILES string of the molecule is CCOc1ccc2c(c1)sc(=NC(=O)c1ccc(Br)s1)n2CCOC. The lowest BCUT2D eigenvalue weighted by atomic mass is 10.3. The second-order valence-corrected chi connectivity index (χ2v) is 8.58. The van der Waals surface area contributed by atoms with Gasteiger partial charge in [0.1, 0.15) is 5.75 Å². The molecule has 0 aliphatic heterocycles. The molecule has 2 aromatic heterocycles. The summed E-state index contributed by atoms with van der Waals surface area (Å²) in [7, 11) is 1.66. The Labute approximate surface area is 161 Å². The molecule has 3 aromatic rings. The van der Waals surface area contributed by atoms with E-state index in [1.54, 1.807) is 13.2 Å². The van der Waals surface area contributed by atoms with Crippen LogP contribution < -0.4 is 9.54 Å². The molecule has 2 heterocycles. The van der Waals surface area contributed by atoms with Gasteiger partial charge in [-0.05, 0) is 53.2 Å². The average Bonchev–Trinajstić information content (AvgIpc) is 3.16. The number of carbonyl (C=O) groups is 1. The first-order valence-corrected chi connectivity index (χ1v) is 10.1. The van der Waals surface area contributed by atoms with Crippen molar-refractivity contribution in [3.05, 3.63) is 43.8 Å². The number of nitrogens with zero attached hydrogens (tertiary/aromatic N) is 2. The van der Waals surface area contributed by atoms with E-state index in [4.69, 9.17) is 9.47 Å². The maximum absolute atomic E-state index is 12.5. The van der Waals surface area contributed by atoms with Crippen molar-refractivity contribution in [1.29, 1.82) is 0 Å². The molecular weight excluding hydrogens is 424 g/mol. The zero-order valence-electron chi connectivity index (χ0n) is 13.8. The van der Waals surface area contributed by atoms with Crippen LogP contribution >= 0.6 is 38.6 Å². The predicted octanol–water partition coefficient (Wildman–Crippen LogP) is 4.31. The van der Waals surface area contributed by atoms with Gasteiger partial charge in [-0.25, -0.2) is 0 Å². The number of fused-ring (bicyclic) bond motifs is 1. The van der Waals surface area contributed by atoms with Crippen LogP contribution in [-0.2, 0) is 11.3 Å². The van der Waals surface area contributed by atoms with Gasteiger partial charge in [-0.3, -0.25) is 4.79 Å². The first-order chi connectivity index (χ1) is 12.1. The van der Waals surface area contributed by atoms with Gasteiger partial charge in [0.15, 0.2) is 4.80 Å². The van der Waals surface area contributed by atoms with Gasteiger partial charge in [0.2, 0.25) is 0 Å². The molecule has 132 valence electrons. The lowest BCUT2D eigenvalue weighted by Gasteiger charge is -2.05. The summed E-state index contributed by atoms with van der Waals surface area (Å²) in [5.41, 5.74) is 1.02. The molecule has 0 aliphatic carbocycles. The molecule has 0 saturated carbocycles. The molecule has 0 atom stereocenters. The van der Waals surface area contributed by atoms with Crippen molar-refractivity contribution < 1.29 is 14.3 Å². The van der Waals surface area contributed by atoms with Gasteiger partial charge >= 0.3 is 0 Å². The first-order valence-electron chi connectivity index (χ1n) is 7.72. The van der Waals surface area contributed by atoms with E-state index in [1.807, 2.05) is 35.8 Å². The fraction of sp³-hybridized carbons (Fsp3) is 0.294. The Balaban J connectivity index is 2.08. The van der Waals surface area contributed by atoms with Crippen LogP contribution in [0.25, 0.3) is 10.2 Å². The normalized spacial score (nSPS) is 12.0. The topological polar surface area (TPSA) is 52.8 Å². The maximum Gasteiger partial charge on any atom is 0.289 e. The fourth-order valence-electron chi connectivity index (χ4n) is 2.37. The number of benzene rings is 1. The highest BCUT2D eigenvalue weighted by atomic mass is 79.9. The number of rotatable bonds is 6. The molecule has 0 spiro atoms. The van der Waals surface area contributed by atoms with Crippen molar-refractivity contribution in [2.75, 3.05) is 20.3 Å². The summed E-state index contributed by atoms with van der Waals surface area (Å²) >= 11 is 6.23. The summed E-state index contributed by atoms with van der Waals surface area (Å²) < 4.78 is 14.7. The largest absolute Gasteiger partial charge is 0.494 e. The highest BCUT2D eigenvalue weighted by Gasteiger charge is 2.11. The van der Waals surface area contributed by atoms with Crippen molar-refractivity contribution in [2.24, 2.45) is 4.99 Å². The van der Waals surface area contributed by atoms with Crippen molar-refractivity contribution in [3.63, 3.8) is 0 Å². The third-order valence-corrected chi connectivity index (χ3v) is 6.12. The third-order valence-electron chi connectivity index (χ3n) is 3.47. The number of thiazole rings is 1. The van der Waals surface area contributed by atoms with E-state index in [9.17, 15) is 4.79 Å². The smallest absolute Gasteiger partial charge is 0.289 e. The average molecular weight is 441 g/mol. The summed E-state index contributed by atoms with van der Waals surface area (Å²) in [6.45, 7) is 3.75. The molecule has 1 aromatic carbocycles. The van der Waals surface area contributed by atoms with Crippen LogP contribution in [0.4, 0.5) is 0 Å². The van der Waals surface area contributed by atoms with Crippen LogP contribution in [0, 0.1) is 0 Å². The van der Waals surface area contributed by atoms with Gasteiger partial charge in [0.05, 0.1) is 32.1 Å². The van der Waals surface area contributed by atoms with Crippen LogP contribution in [-0.4, -0.2) is 30.8 Å². The zero-order chi connectivity index (χ0) is 17.8. The Morgan fingerprint density at radius 1 is 1.28 bits per heavy atom. The van der Waals surface area contributed by atoms with E-state index >= 15 is 0 Å². The van der Waals surface area contributed by atoms with Crippen LogP contribution in [0.2, 0.25) is 0 Å². The monoisotopic (exact) mass is 440 g/mol. The molecule has 0 bridgehead atoms.